The Morgan fingerprint density at radius 1 is 1.00 bits per heavy atom. The molecule has 2 aromatic rings. The van der Waals surface area contributed by atoms with Crippen LogP contribution < -0.4 is 15.4 Å². The Balaban J connectivity index is 1.68. The van der Waals surface area contributed by atoms with E-state index in [9.17, 15) is 9.59 Å². The summed E-state index contributed by atoms with van der Waals surface area (Å²) in [6, 6.07) is 16.9. The molecule has 0 radical (unpaired) electrons. The molecule has 0 saturated heterocycles. The monoisotopic (exact) mass is 384 g/mol. The van der Waals surface area contributed by atoms with Gasteiger partial charge in [0.05, 0.1) is 6.54 Å². The second kappa shape index (κ2) is 10.3. The van der Waals surface area contributed by atoms with Gasteiger partial charge < -0.3 is 14.8 Å². The van der Waals surface area contributed by atoms with Crippen molar-refractivity contribution < 1.29 is 19.1 Å². The summed E-state index contributed by atoms with van der Waals surface area (Å²) in [6.07, 6.45) is 0.640. The van der Waals surface area contributed by atoms with Crippen molar-refractivity contribution in [3.63, 3.8) is 0 Å². The van der Waals surface area contributed by atoms with Gasteiger partial charge in [-0.3, -0.25) is 10.1 Å². The highest BCUT2D eigenvalue weighted by Crippen LogP contribution is 2.18. The zero-order chi connectivity index (χ0) is 20.4. The number of nitrogens with one attached hydrogen (secondary N) is 2. The van der Waals surface area contributed by atoms with Gasteiger partial charge in [0.2, 0.25) is 5.91 Å². The van der Waals surface area contributed by atoms with Gasteiger partial charge >= 0.3 is 6.09 Å². The molecule has 0 aliphatic heterocycles. The van der Waals surface area contributed by atoms with Gasteiger partial charge in [-0.05, 0) is 44.9 Å². The third-order valence-electron chi connectivity index (χ3n) is 3.66. The smallest absolute Gasteiger partial charge is 0.412 e. The highest BCUT2D eigenvalue weighted by atomic mass is 16.6. The molecule has 2 rings (SSSR count). The maximum Gasteiger partial charge on any atom is 0.412 e. The molecule has 28 heavy (non-hydrogen) atoms. The van der Waals surface area contributed by atoms with Crippen molar-refractivity contribution in [2.24, 2.45) is 0 Å². The van der Waals surface area contributed by atoms with Crippen molar-refractivity contribution in [2.75, 3.05) is 18.5 Å². The topological polar surface area (TPSA) is 76.7 Å². The highest BCUT2D eigenvalue weighted by Gasteiger charge is 2.16. The standard InChI is InChI=1S/C22H28N2O4/c1-22(2,3)28-21(26)24-18-10-7-11-19(16-18)27-15-14-23-20(25)13-12-17-8-5-4-6-9-17/h4-11,16H,12-15H2,1-3H3,(H,23,25)(H,24,26). The first-order valence-electron chi connectivity index (χ1n) is 9.35. The number of ether oxygens (including phenoxy) is 2. The van der Waals surface area contributed by atoms with Crippen molar-refractivity contribution >= 4 is 17.7 Å². The van der Waals surface area contributed by atoms with Crippen LogP contribution >= 0.6 is 0 Å². The van der Waals surface area contributed by atoms with Crippen LogP contribution in [0.4, 0.5) is 10.5 Å². The second-order valence-corrected chi connectivity index (χ2v) is 7.34. The Kier molecular flexibility index (Phi) is 7.87. The molecule has 0 spiro atoms. The van der Waals surface area contributed by atoms with Gasteiger partial charge in [-0.1, -0.05) is 36.4 Å². The molecule has 0 aliphatic rings. The van der Waals surface area contributed by atoms with Gasteiger partial charge in [-0.25, -0.2) is 4.79 Å². The number of aryl methyl sites for hydroxylation is 1. The second-order valence-electron chi connectivity index (χ2n) is 7.34. The third kappa shape index (κ3) is 8.58. The van der Waals surface area contributed by atoms with Crippen LogP contribution in [0.5, 0.6) is 5.75 Å². The van der Waals surface area contributed by atoms with Crippen LogP contribution in [0.25, 0.3) is 0 Å². The first-order valence-corrected chi connectivity index (χ1v) is 9.35. The Hall–Kier alpha value is -3.02. The van der Waals surface area contributed by atoms with Crippen LogP contribution in [0.1, 0.15) is 32.8 Å². The molecular weight excluding hydrogens is 356 g/mol. The van der Waals surface area contributed by atoms with Gasteiger partial charge in [0, 0.05) is 18.2 Å². The minimum Gasteiger partial charge on any atom is -0.492 e. The fourth-order valence-corrected chi connectivity index (χ4v) is 2.44. The number of rotatable bonds is 8. The number of anilines is 1. The van der Waals surface area contributed by atoms with Gasteiger partial charge in [0.25, 0.3) is 0 Å². The van der Waals surface area contributed by atoms with E-state index in [0.29, 0.717) is 37.4 Å². The highest BCUT2D eigenvalue weighted by molar-refractivity contribution is 5.85. The SMILES string of the molecule is CC(C)(C)OC(=O)Nc1cccc(OCCNC(=O)CCc2ccccc2)c1. The molecule has 0 saturated carbocycles. The van der Waals surface area contributed by atoms with Gasteiger partial charge in [0.1, 0.15) is 18.0 Å². The Labute approximate surface area is 166 Å². The number of carbonyl (C=O) groups is 2. The van der Waals surface area contributed by atoms with E-state index in [4.69, 9.17) is 9.47 Å². The molecule has 0 aromatic heterocycles. The molecule has 2 N–H and O–H groups in total. The quantitative estimate of drug-likeness (QED) is 0.670. The molecule has 6 nitrogen and oxygen atoms in total. The number of carbonyl (C=O) groups excluding carboxylic acids is 2. The van der Waals surface area contributed by atoms with Crippen LogP contribution in [0.15, 0.2) is 54.6 Å². The molecule has 2 amide bonds. The fraction of sp³-hybridized carbons (Fsp3) is 0.364. The summed E-state index contributed by atoms with van der Waals surface area (Å²) in [6.45, 7) is 6.17. The Morgan fingerprint density at radius 2 is 1.75 bits per heavy atom. The molecule has 0 fully saturated rings. The van der Waals surface area contributed by atoms with Crippen molar-refractivity contribution in [3.8, 4) is 5.75 Å². The van der Waals surface area contributed by atoms with E-state index in [1.54, 1.807) is 45.0 Å². The Bertz CT molecular complexity index is 770. The average molecular weight is 384 g/mol. The summed E-state index contributed by atoms with van der Waals surface area (Å²) in [7, 11) is 0. The van der Waals surface area contributed by atoms with Gasteiger partial charge in [-0.2, -0.15) is 0 Å². The lowest BCUT2D eigenvalue weighted by molar-refractivity contribution is -0.121. The molecule has 0 heterocycles. The van der Waals surface area contributed by atoms with Crippen molar-refractivity contribution in [3.05, 3.63) is 60.2 Å². The molecule has 0 aliphatic carbocycles. The predicted octanol–water partition coefficient (Wildman–Crippen LogP) is 4.16. The van der Waals surface area contributed by atoms with E-state index >= 15 is 0 Å². The molecule has 0 unspecified atom stereocenters. The number of amides is 2. The van der Waals surface area contributed by atoms with E-state index < -0.39 is 11.7 Å². The molecule has 6 heteroatoms. The summed E-state index contributed by atoms with van der Waals surface area (Å²) < 4.78 is 10.9. The summed E-state index contributed by atoms with van der Waals surface area (Å²) in [5.74, 6) is 0.597. The summed E-state index contributed by atoms with van der Waals surface area (Å²) in [5.41, 5.74) is 1.17. The van der Waals surface area contributed by atoms with E-state index in [2.05, 4.69) is 10.6 Å². The van der Waals surface area contributed by atoms with Crippen molar-refractivity contribution in [1.29, 1.82) is 0 Å². The maximum atomic E-state index is 11.9. The van der Waals surface area contributed by atoms with Crippen molar-refractivity contribution in [1.82, 2.24) is 5.32 Å². The fourth-order valence-electron chi connectivity index (χ4n) is 2.44. The predicted molar refractivity (Wildman–Crippen MR) is 110 cm³/mol. The first-order chi connectivity index (χ1) is 13.3. The number of benzene rings is 2. The zero-order valence-electron chi connectivity index (χ0n) is 16.7. The minimum absolute atomic E-state index is 0.00667. The molecule has 0 atom stereocenters. The lowest BCUT2D eigenvalue weighted by Gasteiger charge is -2.19. The lowest BCUT2D eigenvalue weighted by atomic mass is 10.1. The molecule has 0 bridgehead atoms. The van der Waals surface area contributed by atoms with Gasteiger partial charge in [-0.15, -0.1) is 0 Å². The van der Waals surface area contributed by atoms with Crippen LogP contribution in [-0.4, -0.2) is 30.8 Å². The molecular formula is C22H28N2O4. The summed E-state index contributed by atoms with van der Waals surface area (Å²) >= 11 is 0. The number of hydrogen-bond donors (Lipinski definition) is 2. The lowest BCUT2D eigenvalue weighted by Crippen LogP contribution is -2.28. The van der Waals surface area contributed by atoms with Crippen molar-refractivity contribution in [2.45, 2.75) is 39.2 Å². The van der Waals surface area contributed by atoms with E-state index in [1.807, 2.05) is 30.3 Å². The average Bonchev–Trinajstić information content (AvgIpc) is 2.63. The Morgan fingerprint density at radius 3 is 2.46 bits per heavy atom. The third-order valence-corrected chi connectivity index (χ3v) is 3.66. The van der Waals surface area contributed by atoms with Crippen LogP contribution in [0.3, 0.4) is 0 Å². The summed E-state index contributed by atoms with van der Waals surface area (Å²) in [4.78, 5) is 23.7. The minimum atomic E-state index is -0.559. The van der Waals surface area contributed by atoms with E-state index in [1.165, 1.54) is 0 Å². The summed E-state index contributed by atoms with van der Waals surface area (Å²) in [5, 5.41) is 5.51. The molecule has 150 valence electrons. The van der Waals surface area contributed by atoms with Crippen LogP contribution in [0, 0.1) is 0 Å². The largest absolute Gasteiger partial charge is 0.492 e. The van der Waals surface area contributed by atoms with Gasteiger partial charge in [0.15, 0.2) is 0 Å². The van der Waals surface area contributed by atoms with E-state index in [-0.39, 0.29) is 5.91 Å². The first kappa shape index (κ1) is 21.3. The van der Waals surface area contributed by atoms with Crippen LogP contribution in [-0.2, 0) is 16.0 Å². The van der Waals surface area contributed by atoms with Crippen LogP contribution in [0.2, 0.25) is 0 Å². The maximum absolute atomic E-state index is 11.9. The number of hydrogen-bond acceptors (Lipinski definition) is 4. The molecule has 2 aromatic carbocycles. The zero-order valence-corrected chi connectivity index (χ0v) is 16.7. The van der Waals surface area contributed by atoms with E-state index in [0.717, 1.165) is 5.56 Å². The normalized spacial score (nSPS) is 10.8.